The molecule has 118 valence electrons. The molecule has 0 aliphatic carbocycles. The van der Waals surface area contributed by atoms with Crippen molar-refractivity contribution >= 4 is 29.3 Å². The van der Waals surface area contributed by atoms with Gasteiger partial charge in [-0.1, -0.05) is 0 Å². The summed E-state index contributed by atoms with van der Waals surface area (Å²) in [6.07, 6.45) is 1.63. The Bertz CT molecular complexity index is 600. The molecule has 1 aromatic rings. The lowest BCUT2D eigenvalue weighted by molar-refractivity contribution is -0.136. The van der Waals surface area contributed by atoms with Gasteiger partial charge in [-0.05, 0) is 36.6 Å². The maximum absolute atomic E-state index is 11.7. The summed E-state index contributed by atoms with van der Waals surface area (Å²) in [5, 5.41) is 13.7. The number of nitrogens with one attached hydrogen (secondary N) is 2. The van der Waals surface area contributed by atoms with Crippen molar-refractivity contribution in [3.63, 3.8) is 0 Å². The summed E-state index contributed by atoms with van der Waals surface area (Å²) in [7, 11) is 0. The highest BCUT2D eigenvalue weighted by Crippen LogP contribution is 2.29. The van der Waals surface area contributed by atoms with Crippen molar-refractivity contribution in [1.29, 1.82) is 0 Å². The minimum Gasteiger partial charge on any atom is -0.481 e. The molecule has 1 aliphatic heterocycles. The van der Waals surface area contributed by atoms with Gasteiger partial charge in [0.05, 0.1) is 6.42 Å². The van der Waals surface area contributed by atoms with E-state index in [-0.39, 0.29) is 18.9 Å². The van der Waals surface area contributed by atoms with Gasteiger partial charge in [0.15, 0.2) is 0 Å². The molecule has 22 heavy (non-hydrogen) atoms. The lowest BCUT2D eigenvalue weighted by atomic mass is 10.0. The van der Waals surface area contributed by atoms with Crippen LogP contribution >= 0.6 is 0 Å². The van der Waals surface area contributed by atoms with E-state index < -0.39 is 12.0 Å². The van der Waals surface area contributed by atoms with Gasteiger partial charge in [-0.15, -0.1) is 0 Å². The molecule has 0 bridgehead atoms. The van der Waals surface area contributed by atoms with E-state index in [9.17, 15) is 14.4 Å². The van der Waals surface area contributed by atoms with Crippen LogP contribution in [0.15, 0.2) is 18.2 Å². The molecule has 0 aromatic heterocycles. The summed E-state index contributed by atoms with van der Waals surface area (Å²) < 4.78 is 0. The van der Waals surface area contributed by atoms with Crippen LogP contribution < -0.4 is 15.5 Å². The number of aliphatic carboxylic acids is 1. The van der Waals surface area contributed by atoms with Crippen LogP contribution in [0.2, 0.25) is 0 Å². The summed E-state index contributed by atoms with van der Waals surface area (Å²) in [5.41, 5.74) is 2.53. The quantitative estimate of drug-likeness (QED) is 0.786. The van der Waals surface area contributed by atoms with Crippen molar-refractivity contribution in [1.82, 2.24) is 5.32 Å². The molecule has 3 amide bonds. The van der Waals surface area contributed by atoms with Gasteiger partial charge in [0.25, 0.3) is 0 Å². The second-order valence-corrected chi connectivity index (χ2v) is 5.14. The molecule has 7 heteroatoms. The fourth-order valence-electron chi connectivity index (χ4n) is 2.46. The summed E-state index contributed by atoms with van der Waals surface area (Å²) in [4.78, 5) is 35.4. The number of aryl methyl sites for hydroxylation is 1. The molecule has 0 atom stereocenters. The summed E-state index contributed by atoms with van der Waals surface area (Å²) in [5.74, 6) is -0.952. The minimum atomic E-state index is -0.960. The second-order valence-electron chi connectivity index (χ2n) is 5.14. The number of benzene rings is 1. The lowest BCUT2D eigenvalue weighted by Crippen LogP contribution is -2.34. The molecular formula is C15H19N3O4. The van der Waals surface area contributed by atoms with E-state index in [1.54, 1.807) is 11.0 Å². The smallest absolute Gasteiger partial charge is 0.319 e. The van der Waals surface area contributed by atoms with Crippen molar-refractivity contribution in [2.75, 3.05) is 23.3 Å². The zero-order chi connectivity index (χ0) is 16.1. The molecule has 0 saturated carbocycles. The Morgan fingerprint density at radius 2 is 2.09 bits per heavy atom. The Hall–Kier alpha value is -2.57. The van der Waals surface area contributed by atoms with Crippen molar-refractivity contribution in [3.05, 3.63) is 23.8 Å². The Morgan fingerprint density at radius 3 is 2.77 bits per heavy atom. The van der Waals surface area contributed by atoms with E-state index in [1.165, 1.54) is 6.92 Å². The Labute approximate surface area is 128 Å². The highest BCUT2D eigenvalue weighted by atomic mass is 16.4. The van der Waals surface area contributed by atoms with E-state index in [0.717, 1.165) is 24.1 Å². The highest BCUT2D eigenvalue weighted by Gasteiger charge is 2.20. The third-order valence-corrected chi connectivity index (χ3v) is 3.46. The fraction of sp³-hybridized carbons (Fsp3) is 0.400. The number of carboxylic acids is 1. The first-order valence-corrected chi connectivity index (χ1v) is 7.15. The number of rotatable bonds is 4. The lowest BCUT2D eigenvalue weighted by Gasteiger charge is -2.29. The number of carbonyl (C=O) groups is 3. The zero-order valence-electron chi connectivity index (χ0n) is 12.4. The van der Waals surface area contributed by atoms with Crippen molar-refractivity contribution in [2.24, 2.45) is 0 Å². The van der Waals surface area contributed by atoms with Crippen molar-refractivity contribution in [3.8, 4) is 0 Å². The van der Waals surface area contributed by atoms with E-state index in [4.69, 9.17) is 5.11 Å². The molecule has 0 unspecified atom stereocenters. The van der Waals surface area contributed by atoms with Crippen LogP contribution in [0, 0.1) is 0 Å². The summed E-state index contributed by atoms with van der Waals surface area (Å²) in [6.45, 7) is 2.33. The van der Waals surface area contributed by atoms with Gasteiger partial charge in [0, 0.05) is 31.4 Å². The number of anilines is 2. The second kappa shape index (κ2) is 6.93. The van der Waals surface area contributed by atoms with Gasteiger partial charge >= 0.3 is 12.0 Å². The summed E-state index contributed by atoms with van der Waals surface area (Å²) in [6, 6.07) is 4.96. The molecule has 7 nitrogen and oxygen atoms in total. The van der Waals surface area contributed by atoms with Gasteiger partial charge in [-0.25, -0.2) is 4.79 Å². The SMILES string of the molecule is CC(=O)N1CCCc2cc(NC(=O)NCCC(=O)O)ccc21. The largest absolute Gasteiger partial charge is 0.481 e. The van der Waals surface area contributed by atoms with Crippen molar-refractivity contribution in [2.45, 2.75) is 26.2 Å². The third kappa shape index (κ3) is 3.97. The van der Waals surface area contributed by atoms with E-state index in [1.807, 2.05) is 12.1 Å². The maximum Gasteiger partial charge on any atom is 0.319 e. The molecule has 0 radical (unpaired) electrons. The van der Waals surface area contributed by atoms with Crippen LogP contribution in [0.4, 0.5) is 16.2 Å². The number of hydrogen-bond donors (Lipinski definition) is 3. The number of urea groups is 1. The maximum atomic E-state index is 11.7. The molecule has 1 aromatic carbocycles. The first-order valence-electron chi connectivity index (χ1n) is 7.15. The number of amides is 3. The predicted molar refractivity (Wildman–Crippen MR) is 82.1 cm³/mol. The van der Waals surface area contributed by atoms with Crippen LogP contribution in [0.3, 0.4) is 0 Å². The molecule has 1 heterocycles. The highest BCUT2D eigenvalue weighted by molar-refractivity contribution is 5.94. The molecule has 1 aliphatic rings. The average Bonchev–Trinajstić information content (AvgIpc) is 2.45. The van der Waals surface area contributed by atoms with Crippen LogP contribution in [0.5, 0.6) is 0 Å². The number of carboxylic acid groups (broad SMARTS) is 1. The predicted octanol–water partition coefficient (Wildman–Crippen LogP) is 1.58. The standard InChI is InChI=1S/C15H19N3O4/c1-10(19)18-8-2-3-11-9-12(4-5-13(11)18)17-15(22)16-7-6-14(20)21/h4-5,9H,2-3,6-8H2,1H3,(H,20,21)(H2,16,17,22). The summed E-state index contributed by atoms with van der Waals surface area (Å²) >= 11 is 0. The van der Waals surface area contributed by atoms with E-state index in [2.05, 4.69) is 10.6 Å². The number of fused-ring (bicyclic) bond motifs is 1. The van der Waals surface area contributed by atoms with Crippen molar-refractivity contribution < 1.29 is 19.5 Å². The monoisotopic (exact) mass is 305 g/mol. The van der Waals surface area contributed by atoms with Crippen LogP contribution in [0.1, 0.15) is 25.3 Å². The normalized spacial score (nSPS) is 13.2. The molecule has 3 N–H and O–H groups in total. The first-order chi connectivity index (χ1) is 10.5. The number of nitrogens with zero attached hydrogens (tertiary/aromatic N) is 1. The van der Waals surface area contributed by atoms with E-state index >= 15 is 0 Å². The molecule has 0 saturated heterocycles. The van der Waals surface area contributed by atoms with Gasteiger partial charge in [0.2, 0.25) is 5.91 Å². The Kier molecular flexibility index (Phi) is 4.98. The Morgan fingerprint density at radius 1 is 1.32 bits per heavy atom. The molecular weight excluding hydrogens is 286 g/mol. The number of carbonyl (C=O) groups excluding carboxylic acids is 2. The Balaban J connectivity index is 2.00. The van der Waals surface area contributed by atoms with Gasteiger partial charge in [0.1, 0.15) is 0 Å². The zero-order valence-corrected chi connectivity index (χ0v) is 12.4. The minimum absolute atomic E-state index is 0.00747. The topological polar surface area (TPSA) is 98.7 Å². The van der Waals surface area contributed by atoms with Gasteiger partial charge in [-0.3, -0.25) is 9.59 Å². The van der Waals surface area contributed by atoms with Gasteiger partial charge in [-0.2, -0.15) is 0 Å². The molecule has 0 fully saturated rings. The molecule has 2 rings (SSSR count). The molecule has 0 spiro atoms. The first kappa shape index (κ1) is 15.8. The number of hydrogen-bond acceptors (Lipinski definition) is 3. The third-order valence-electron chi connectivity index (χ3n) is 3.46. The van der Waals surface area contributed by atoms with E-state index in [0.29, 0.717) is 12.2 Å². The van der Waals surface area contributed by atoms with Gasteiger partial charge < -0.3 is 20.6 Å². The average molecular weight is 305 g/mol. The van der Waals surface area contributed by atoms with Crippen LogP contribution in [0.25, 0.3) is 0 Å². The van der Waals surface area contributed by atoms with Crippen LogP contribution in [-0.2, 0) is 16.0 Å². The van der Waals surface area contributed by atoms with Crippen LogP contribution in [-0.4, -0.2) is 36.1 Å². The fourth-order valence-corrected chi connectivity index (χ4v) is 2.46.